The molecule has 2 aromatic rings. The highest BCUT2D eigenvalue weighted by Gasteiger charge is 2.07. The number of aromatic carboxylic acids is 1. The van der Waals surface area contributed by atoms with Crippen molar-refractivity contribution in [1.82, 2.24) is 0 Å². The van der Waals surface area contributed by atoms with Crippen LogP contribution < -0.4 is 10.1 Å². The van der Waals surface area contributed by atoms with E-state index in [0.29, 0.717) is 11.4 Å². The van der Waals surface area contributed by atoms with Gasteiger partial charge >= 0.3 is 5.97 Å². The Labute approximate surface area is 129 Å². The number of hydrogen-bond acceptors (Lipinski definition) is 3. The maximum absolute atomic E-state index is 11.8. The summed E-state index contributed by atoms with van der Waals surface area (Å²) in [6, 6.07) is 13.2. The Morgan fingerprint density at radius 1 is 1.14 bits per heavy atom. The van der Waals surface area contributed by atoms with Crippen molar-refractivity contribution in [3.63, 3.8) is 0 Å². The zero-order chi connectivity index (χ0) is 15.2. The van der Waals surface area contributed by atoms with Crippen LogP contribution in [0.25, 0.3) is 0 Å². The normalized spacial score (nSPS) is 9.95. The van der Waals surface area contributed by atoms with Gasteiger partial charge in [0, 0.05) is 10.2 Å². The average Bonchev–Trinajstić information content (AvgIpc) is 2.45. The van der Waals surface area contributed by atoms with E-state index in [1.54, 1.807) is 30.3 Å². The number of halogens is 1. The minimum absolute atomic E-state index is 0.112. The molecular weight excluding hydrogens is 338 g/mol. The van der Waals surface area contributed by atoms with Crippen LogP contribution in [0.1, 0.15) is 10.4 Å². The average molecular weight is 350 g/mol. The van der Waals surface area contributed by atoms with Gasteiger partial charge in [0.25, 0.3) is 5.91 Å². The second-order valence-electron chi connectivity index (χ2n) is 4.18. The topological polar surface area (TPSA) is 75.6 Å². The third-order valence-electron chi connectivity index (χ3n) is 2.56. The predicted octanol–water partition coefficient (Wildman–Crippen LogP) is 3.16. The zero-order valence-corrected chi connectivity index (χ0v) is 12.5. The lowest BCUT2D eigenvalue weighted by atomic mass is 10.2. The molecule has 0 saturated carbocycles. The number of nitrogens with one attached hydrogen (secondary N) is 1. The summed E-state index contributed by atoms with van der Waals surface area (Å²) in [7, 11) is 0. The molecule has 2 aromatic carbocycles. The molecule has 2 rings (SSSR count). The highest BCUT2D eigenvalue weighted by Crippen LogP contribution is 2.17. The fourth-order valence-electron chi connectivity index (χ4n) is 1.63. The number of carbonyl (C=O) groups excluding carboxylic acids is 1. The van der Waals surface area contributed by atoms with Crippen molar-refractivity contribution in [2.24, 2.45) is 0 Å². The number of carboxylic acid groups (broad SMARTS) is 1. The maximum Gasteiger partial charge on any atom is 0.335 e. The highest BCUT2D eigenvalue weighted by atomic mass is 79.9. The molecule has 0 heterocycles. The summed E-state index contributed by atoms with van der Waals surface area (Å²) in [5.74, 6) is -0.840. The molecule has 6 heteroatoms. The summed E-state index contributed by atoms with van der Waals surface area (Å²) >= 11 is 3.31. The van der Waals surface area contributed by atoms with Crippen molar-refractivity contribution in [2.45, 2.75) is 0 Å². The molecule has 0 bridgehead atoms. The third-order valence-corrected chi connectivity index (χ3v) is 3.05. The smallest absolute Gasteiger partial charge is 0.335 e. The molecule has 108 valence electrons. The number of carbonyl (C=O) groups is 2. The van der Waals surface area contributed by atoms with Crippen LogP contribution >= 0.6 is 15.9 Å². The van der Waals surface area contributed by atoms with Crippen LogP contribution in [0.2, 0.25) is 0 Å². The summed E-state index contributed by atoms with van der Waals surface area (Å²) in [5, 5.41) is 11.5. The predicted molar refractivity (Wildman–Crippen MR) is 81.7 cm³/mol. The lowest BCUT2D eigenvalue weighted by Gasteiger charge is -2.08. The Hall–Kier alpha value is -2.34. The van der Waals surface area contributed by atoms with Gasteiger partial charge < -0.3 is 15.2 Å². The monoisotopic (exact) mass is 349 g/mol. The standard InChI is InChI=1S/C15H12BrNO4/c16-11-4-2-6-13(8-11)21-9-14(18)17-12-5-1-3-10(7-12)15(19)20/h1-8H,9H2,(H,17,18)(H,19,20). The summed E-state index contributed by atoms with van der Waals surface area (Å²) in [5.41, 5.74) is 0.526. The van der Waals surface area contributed by atoms with Gasteiger partial charge in [0.15, 0.2) is 6.61 Å². The van der Waals surface area contributed by atoms with Crippen LogP contribution in [-0.4, -0.2) is 23.6 Å². The Morgan fingerprint density at radius 3 is 2.62 bits per heavy atom. The fourth-order valence-corrected chi connectivity index (χ4v) is 2.01. The second-order valence-corrected chi connectivity index (χ2v) is 5.10. The van der Waals surface area contributed by atoms with Crippen molar-refractivity contribution in [1.29, 1.82) is 0 Å². The van der Waals surface area contributed by atoms with Crippen molar-refractivity contribution < 1.29 is 19.4 Å². The van der Waals surface area contributed by atoms with Crippen molar-refractivity contribution in [2.75, 3.05) is 11.9 Å². The van der Waals surface area contributed by atoms with E-state index in [1.165, 1.54) is 12.1 Å². The number of benzene rings is 2. The quantitative estimate of drug-likeness (QED) is 0.869. The lowest BCUT2D eigenvalue weighted by Crippen LogP contribution is -2.20. The van der Waals surface area contributed by atoms with E-state index in [4.69, 9.17) is 9.84 Å². The molecule has 2 N–H and O–H groups in total. The molecule has 5 nitrogen and oxygen atoms in total. The van der Waals surface area contributed by atoms with Gasteiger partial charge in [-0.2, -0.15) is 0 Å². The first-order chi connectivity index (χ1) is 10.0. The summed E-state index contributed by atoms with van der Waals surface area (Å²) in [4.78, 5) is 22.6. The number of rotatable bonds is 5. The molecule has 0 aromatic heterocycles. The van der Waals surface area contributed by atoms with Gasteiger partial charge in [0.05, 0.1) is 5.56 Å². The van der Waals surface area contributed by atoms with E-state index in [1.807, 2.05) is 6.07 Å². The van der Waals surface area contributed by atoms with Gasteiger partial charge in [-0.1, -0.05) is 28.1 Å². The summed E-state index contributed by atoms with van der Waals surface area (Å²) in [6.45, 7) is -0.159. The van der Waals surface area contributed by atoms with Gasteiger partial charge in [-0.05, 0) is 36.4 Å². The Bertz CT molecular complexity index is 672. The first-order valence-corrected chi connectivity index (χ1v) is 6.85. The Kier molecular flexibility index (Phi) is 4.94. The minimum Gasteiger partial charge on any atom is -0.484 e. The van der Waals surface area contributed by atoms with Gasteiger partial charge in [-0.15, -0.1) is 0 Å². The molecular formula is C15H12BrNO4. The van der Waals surface area contributed by atoms with Crippen LogP contribution in [-0.2, 0) is 4.79 Å². The lowest BCUT2D eigenvalue weighted by molar-refractivity contribution is -0.118. The van der Waals surface area contributed by atoms with Crippen molar-refractivity contribution >= 4 is 33.5 Å². The summed E-state index contributed by atoms with van der Waals surface area (Å²) < 4.78 is 6.20. The Morgan fingerprint density at radius 2 is 1.90 bits per heavy atom. The molecule has 0 atom stereocenters. The highest BCUT2D eigenvalue weighted by molar-refractivity contribution is 9.10. The van der Waals surface area contributed by atoms with Gasteiger partial charge in [0.1, 0.15) is 5.75 Å². The van der Waals surface area contributed by atoms with Gasteiger partial charge in [-0.3, -0.25) is 4.79 Å². The van der Waals surface area contributed by atoms with Crippen LogP contribution in [0, 0.1) is 0 Å². The minimum atomic E-state index is -1.04. The van der Waals surface area contributed by atoms with Crippen LogP contribution in [0.3, 0.4) is 0 Å². The molecule has 0 aliphatic rings. The van der Waals surface area contributed by atoms with E-state index in [-0.39, 0.29) is 18.1 Å². The van der Waals surface area contributed by atoms with E-state index in [2.05, 4.69) is 21.2 Å². The third kappa shape index (κ3) is 4.61. The second kappa shape index (κ2) is 6.90. The zero-order valence-electron chi connectivity index (χ0n) is 10.9. The van der Waals surface area contributed by atoms with Crippen LogP contribution in [0.4, 0.5) is 5.69 Å². The number of ether oxygens (including phenoxy) is 1. The molecule has 21 heavy (non-hydrogen) atoms. The van der Waals surface area contributed by atoms with Crippen molar-refractivity contribution in [3.05, 3.63) is 58.6 Å². The molecule has 0 saturated heterocycles. The molecule has 0 radical (unpaired) electrons. The number of hydrogen-bond donors (Lipinski definition) is 2. The van der Waals surface area contributed by atoms with Gasteiger partial charge in [-0.25, -0.2) is 4.79 Å². The molecule has 1 amide bonds. The van der Waals surface area contributed by atoms with E-state index >= 15 is 0 Å². The molecule has 0 aliphatic heterocycles. The summed E-state index contributed by atoms with van der Waals surface area (Å²) in [6.07, 6.45) is 0. The van der Waals surface area contributed by atoms with Crippen LogP contribution in [0.15, 0.2) is 53.0 Å². The van der Waals surface area contributed by atoms with Gasteiger partial charge in [0.2, 0.25) is 0 Å². The van der Waals surface area contributed by atoms with E-state index < -0.39 is 5.97 Å². The largest absolute Gasteiger partial charge is 0.484 e. The molecule has 0 spiro atoms. The van der Waals surface area contributed by atoms with Crippen LogP contribution in [0.5, 0.6) is 5.75 Å². The fraction of sp³-hybridized carbons (Fsp3) is 0.0667. The molecule has 0 aliphatic carbocycles. The Balaban J connectivity index is 1.93. The van der Waals surface area contributed by atoms with Crippen molar-refractivity contribution in [3.8, 4) is 5.75 Å². The number of carboxylic acids is 1. The van der Waals surface area contributed by atoms with E-state index in [0.717, 1.165) is 4.47 Å². The number of anilines is 1. The number of amides is 1. The molecule has 0 unspecified atom stereocenters. The molecule has 0 fully saturated rings. The first kappa shape index (κ1) is 15.1. The first-order valence-electron chi connectivity index (χ1n) is 6.06. The van der Waals surface area contributed by atoms with E-state index in [9.17, 15) is 9.59 Å². The SMILES string of the molecule is O=C(COc1cccc(Br)c1)Nc1cccc(C(=O)O)c1. The maximum atomic E-state index is 11.8.